The van der Waals surface area contributed by atoms with E-state index in [1.54, 1.807) is 0 Å². The number of nitrogens with zero attached hydrogens (tertiary/aromatic N) is 1. The monoisotopic (exact) mass is 461 g/mol. The average Bonchev–Trinajstić information content (AvgIpc) is 3.21. The third kappa shape index (κ3) is 3.88. The molecule has 8 heteroatoms. The molecule has 166 valence electrons. The molecule has 0 saturated heterocycles. The van der Waals surface area contributed by atoms with Gasteiger partial charge < -0.3 is 9.47 Å². The molecule has 1 aliphatic rings. The highest BCUT2D eigenvalue weighted by Gasteiger charge is 2.42. The minimum absolute atomic E-state index is 0.0369. The van der Waals surface area contributed by atoms with Gasteiger partial charge in [0.05, 0.1) is 17.3 Å². The lowest BCUT2D eigenvalue weighted by atomic mass is 10.1. The first-order valence-electron chi connectivity index (χ1n) is 10.0. The predicted octanol–water partition coefficient (Wildman–Crippen LogP) is 3.51. The molecule has 0 atom stereocenters. The van der Waals surface area contributed by atoms with Crippen LogP contribution in [0.2, 0.25) is 0 Å². The maximum Gasteiger partial charge on any atom is 0.345 e. The number of hydrogen-bond acceptors (Lipinski definition) is 6. The quantitative estimate of drug-likeness (QED) is 0.250. The second kappa shape index (κ2) is 8.88. The number of esters is 2. The molecule has 0 fully saturated rings. The first-order valence-corrected chi connectivity index (χ1v) is 12.3. The maximum absolute atomic E-state index is 13.4. The summed E-state index contributed by atoms with van der Waals surface area (Å²) in [4.78, 5) is 36.9. The third-order valence-corrected chi connectivity index (χ3v) is 9.54. The number of hydrogen-bond donors (Lipinski definition) is 0. The van der Waals surface area contributed by atoms with Gasteiger partial charge in [-0.25, -0.2) is 9.59 Å². The van der Waals surface area contributed by atoms with Gasteiger partial charge in [0, 0.05) is 17.7 Å². The molecule has 3 aromatic rings. The van der Waals surface area contributed by atoms with E-state index >= 15 is 0 Å². The van der Waals surface area contributed by atoms with Gasteiger partial charge in [-0.05, 0) is 36.3 Å². The second-order valence-corrected chi connectivity index (χ2v) is 10.9. The Morgan fingerprint density at radius 2 is 1.42 bits per heavy atom. The number of carbonyl (C=O) groups is 2. The summed E-state index contributed by atoms with van der Waals surface area (Å²) >= 11 is 0. The fourth-order valence-corrected chi connectivity index (χ4v) is 7.30. The molecule has 3 aromatic carbocycles. The average molecular weight is 461 g/mol. The van der Waals surface area contributed by atoms with Crippen LogP contribution >= 0.6 is 6.89 Å². The van der Waals surface area contributed by atoms with E-state index in [0.717, 1.165) is 10.6 Å². The number of carbonyl (C=O) groups excluding carboxylic acids is 2. The number of benzene rings is 3. The summed E-state index contributed by atoms with van der Waals surface area (Å²) in [6.45, 7) is -0.641. The molecule has 0 N–H and O–H groups in total. The molecular weight excluding hydrogens is 441 g/mol. The fraction of sp³-hybridized carbons (Fsp3) is 0.0800. The summed E-state index contributed by atoms with van der Waals surface area (Å²) in [6.07, 6.45) is 0. The van der Waals surface area contributed by atoms with Crippen molar-refractivity contribution in [2.75, 3.05) is 13.8 Å². The van der Waals surface area contributed by atoms with Crippen LogP contribution in [0, 0.1) is 10.1 Å². The Morgan fingerprint density at radius 1 is 0.909 bits per heavy atom. The van der Waals surface area contributed by atoms with Gasteiger partial charge >= 0.3 is 11.9 Å². The summed E-state index contributed by atoms with van der Waals surface area (Å²) in [6, 6.07) is 24.5. The summed E-state index contributed by atoms with van der Waals surface area (Å²) < 4.78 is 10.7. The Kier molecular flexibility index (Phi) is 5.99. The van der Waals surface area contributed by atoms with Gasteiger partial charge in [0.25, 0.3) is 5.69 Å². The van der Waals surface area contributed by atoms with Gasteiger partial charge in [0.2, 0.25) is 0 Å². The Hall–Kier alpha value is -3.96. The highest BCUT2D eigenvalue weighted by Crippen LogP contribution is 2.48. The van der Waals surface area contributed by atoms with E-state index in [9.17, 15) is 19.7 Å². The van der Waals surface area contributed by atoms with Gasteiger partial charge in [0.15, 0.2) is 5.76 Å². The summed E-state index contributed by atoms with van der Waals surface area (Å²) in [5, 5.41) is 13.1. The highest BCUT2D eigenvalue weighted by atomic mass is 31.2. The number of ether oxygens (including phenoxy) is 2. The number of non-ortho nitro benzene ring substituents is 1. The van der Waals surface area contributed by atoms with E-state index in [2.05, 4.69) is 0 Å². The Balaban J connectivity index is 2.09. The third-order valence-electron chi connectivity index (χ3n) is 5.57. The van der Waals surface area contributed by atoms with Gasteiger partial charge in [-0.2, -0.15) is 0 Å². The standard InChI is InChI=1S/C25H20NO6P/c1-31-24(27)21-22(17-13-15-18(16-14-17)26(29)30)32-25(28)23(21)33(2,19-9-5-3-6-10-19)20-11-7-4-8-12-20/h3-16H,1-2H3. The van der Waals surface area contributed by atoms with Crippen molar-refractivity contribution in [3.05, 3.63) is 106 Å². The van der Waals surface area contributed by atoms with E-state index in [1.165, 1.54) is 31.4 Å². The maximum atomic E-state index is 13.4. The van der Waals surface area contributed by atoms with Crippen molar-refractivity contribution in [3.8, 4) is 0 Å². The number of nitro benzene ring substituents is 1. The molecule has 0 aromatic heterocycles. The molecule has 33 heavy (non-hydrogen) atoms. The minimum atomic E-state index is -2.61. The van der Waals surface area contributed by atoms with Crippen molar-refractivity contribution in [1.82, 2.24) is 0 Å². The van der Waals surface area contributed by atoms with E-state index < -0.39 is 23.7 Å². The molecule has 0 spiro atoms. The van der Waals surface area contributed by atoms with Crippen LogP contribution in [-0.4, -0.2) is 35.9 Å². The van der Waals surface area contributed by atoms with Gasteiger partial charge in [0.1, 0.15) is 5.57 Å². The molecular formula is C25H20NO6P. The molecule has 1 aliphatic heterocycles. The lowest BCUT2D eigenvalue weighted by Crippen LogP contribution is -2.28. The van der Waals surface area contributed by atoms with Crippen LogP contribution in [-0.2, 0) is 19.1 Å². The summed E-state index contributed by atoms with van der Waals surface area (Å²) in [5.74, 6) is -1.30. The first-order chi connectivity index (χ1) is 15.9. The molecule has 0 aliphatic carbocycles. The molecule has 0 saturated carbocycles. The van der Waals surface area contributed by atoms with E-state index in [4.69, 9.17) is 9.47 Å². The molecule has 4 rings (SSSR count). The molecule has 0 bridgehead atoms. The lowest BCUT2D eigenvalue weighted by Gasteiger charge is -2.25. The van der Waals surface area contributed by atoms with Crippen LogP contribution < -0.4 is 10.6 Å². The summed E-state index contributed by atoms with van der Waals surface area (Å²) in [7, 11) is 1.24. The number of rotatable bonds is 5. The smallest absolute Gasteiger partial charge is 0.345 e. The molecule has 0 unspecified atom stereocenters. The van der Waals surface area contributed by atoms with E-state index in [0.29, 0.717) is 5.56 Å². The first kappa shape index (κ1) is 22.2. The van der Waals surface area contributed by atoms with Crippen molar-refractivity contribution < 1.29 is 24.0 Å². The van der Waals surface area contributed by atoms with E-state index in [-0.39, 0.29) is 22.3 Å². The lowest BCUT2D eigenvalue weighted by molar-refractivity contribution is -0.384. The van der Waals surface area contributed by atoms with Gasteiger partial charge in [-0.3, -0.25) is 10.1 Å². The van der Waals surface area contributed by atoms with Crippen LogP contribution in [0.25, 0.3) is 5.76 Å². The van der Waals surface area contributed by atoms with Crippen molar-refractivity contribution >= 4 is 46.2 Å². The SMILES string of the molecule is COC(=O)C1=C(c2ccc([N+](=O)[O-])cc2)OC(=O)C1=P(C)(c1ccccc1)c1ccccc1. The van der Waals surface area contributed by atoms with Crippen LogP contribution in [0.1, 0.15) is 5.56 Å². The molecule has 0 amide bonds. The van der Waals surface area contributed by atoms with Crippen LogP contribution in [0.5, 0.6) is 0 Å². The predicted molar refractivity (Wildman–Crippen MR) is 128 cm³/mol. The normalized spacial score (nSPS) is 13.6. The van der Waals surface area contributed by atoms with Crippen LogP contribution in [0.3, 0.4) is 0 Å². The Labute approximate surface area is 190 Å². The van der Waals surface area contributed by atoms with Crippen molar-refractivity contribution in [3.63, 3.8) is 0 Å². The molecule has 0 radical (unpaired) electrons. The number of cyclic esters (lactones) is 1. The number of nitro groups is 1. The molecule has 1 heterocycles. The van der Waals surface area contributed by atoms with E-state index in [1.807, 2.05) is 67.3 Å². The van der Waals surface area contributed by atoms with Crippen LogP contribution in [0.4, 0.5) is 5.69 Å². The van der Waals surface area contributed by atoms with Crippen molar-refractivity contribution in [2.24, 2.45) is 0 Å². The van der Waals surface area contributed by atoms with Crippen LogP contribution in [0.15, 0.2) is 90.5 Å². The highest BCUT2D eigenvalue weighted by molar-refractivity contribution is 7.90. The van der Waals surface area contributed by atoms with Gasteiger partial charge in [-0.1, -0.05) is 60.7 Å². The Bertz CT molecular complexity index is 1280. The zero-order valence-corrected chi connectivity index (χ0v) is 18.8. The zero-order chi connectivity index (χ0) is 23.6. The topological polar surface area (TPSA) is 95.7 Å². The van der Waals surface area contributed by atoms with Crippen molar-refractivity contribution in [2.45, 2.75) is 0 Å². The fourth-order valence-electron chi connectivity index (χ4n) is 3.90. The number of methoxy groups -OCH3 is 1. The largest absolute Gasteiger partial charge is 0.465 e. The summed E-state index contributed by atoms with van der Waals surface area (Å²) in [5.41, 5.74) is 0.301. The minimum Gasteiger partial charge on any atom is -0.465 e. The second-order valence-electron chi connectivity index (χ2n) is 7.42. The zero-order valence-electron chi connectivity index (χ0n) is 17.9. The van der Waals surface area contributed by atoms with Crippen molar-refractivity contribution in [1.29, 1.82) is 0 Å². The Morgan fingerprint density at radius 3 is 1.88 bits per heavy atom. The molecule has 7 nitrogen and oxygen atoms in total. The van der Waals surface area contributed by atoms with Gasteiger partial charge in [-0.15, -0.1) is 0 Å².